The standard InChI is InChI=1S/C16H20N2/c1-12-8-9-16(13(2)10-12)18(3)11-14-6-4-5-7-15(14)17/h4-10H,11,17H2,1-3H3. The zero-order valence-corrected chi connectivity index (χ0v) is 11.3. The summed E-state index contributed by atoms with van der Waals surface area (Å²) in [5, 5.41) is 0. The van der Waals surface area contributed by atoms with Crippen molar-refractivity contribution in [3.8, 4) is 0 Å². The van der Waals surface area contributed by atoms with E-state index in [4.69, 9.17) is 5.73 Å². The van der Waals surface area contributed by atoms with E-state index in [0.29, 0.717) is 0 Å². The van der Waals surface area contributed by atoms with Crippen molar-refractivity contribution in [1.82, 2.24) is 0 Å². The van der Waals surface area contributed by atoms with Crippen molar-refractivity contribution >= 4 is 11.4 Å². The summed E-state index contributed by atoms with van der Waals surface area (Å²) in [5.74, 6) is 0. The smallest absolute Gasteiger partial charge is 0.0446 e. The van der Waals surface area contributed by atoms with Crippen molar-refractivity contribution in [2.24, 2.45) is 0 Å². The Morgan fingerprint density at radius 3 is 2.44 bits per heavy atom. The van der Waals surface area contributed by atoms with Gasteiger partial charge < -0.3 is 10.6 Å². The summed E-state index contributed by atoms with van der Waals surface area (Å²) >= 11 is 0. The van der Waals surface area contributed by atoms with Crippen LogP contribution in [0.25, 0.3) is 0 Å². The molecule has 0 aliphatic heterocycles. The maximum atomic E-state index is 5.98. The molecule has 2 N–H and O–H groups in total. The van der Waals surface area contributed by atoms with E-state index < -0.39 is 0 Å². The normalized spacial score (nSPS) is 10.4. The van der Waals surface area contributed by atoms with E-state index in [1.165, 1.54) is 22.4 Å². The second kappa shape index (κ2) is 5.13. The summed E-state index contributed by atoms with van der Waals surface area (Å²) in [5.41, 5.74) is 11.9. The topological polar surface area (TPSA) is 29.3 Å². The van der Waals surface area contributed by atoms with E-state index >= 15 is 0 Å². The maximum Gasteiger partial charge on any atom is 0.0446 e. The van der Waals surface area contributed by atoms with Crippen molar-refractivity contribution in [2.75, 3.05) is 17.7 Å². The van der Waals surface area contributed by atoms with E-state index in [-0.39, 0.29) is 0 Å². The van der Waals surface area contributed by atoms with Gasteiger partial charge in [0.05, 0.1) is 0 Å². The molecule has 0 aliphatic carbocycles. The molecular formula is C16H20N2. The van der Waals surface area contributed by atoms with Gasteiger partial charge in [0, 0.05) is 25.0 Å². The number of hydrogen-bond acceptors (Lipinski definition) is 2. The number of hydrogen-bond donors (Lipinski definition) is 1. The fraction of sp³-hybridized carbons (Fsp3) is 0.250. The molecule has 2 heteroatoms. The summed E-state index contributed by atoms with van der Waals surface area (Å²) in [6, 6.07) is 14.6. The lowest BCUT2D eigenvalue weighted by Gasteiger charge is -2.22. The molecule has 0 amide bonds. The number of benzene rings is 2. The van der Waals surface area contributed by atoms with Gasteiger partial charge in [-0.1, -0.05) is 35.9 Å². The Balaban J connectivity index is 2.22. The van der Waals surface area contributed by atoms with E-state index in [1.54, 1.807) is 0 Å². The van der Waals surface area contributed by atoms with Crippen molar-refractivity contribution in [3.05, 3.63) is 59.2 Å². The third kappa shape index (κ3) is 2.65. The van der Waals surface area contributed by atoms with Crippen LogP contribution in [0.15, 0.2) is 42.5 Å². The summed E-state index contributed by atoms with van der Waals surface area (Å²) in [6.45, 7) is 5.09. The van der Waals surface area contributed by atoms with Gasteiger partial charge in [-0.05, 0) is 37.1 Å². The fourth-order valence-corrected chi connectivity index (χ4v) is 2.25. The predicted molar refractivity (Wildman–Crippen MR) is 78.9 cm³/mol. The number of anilines is 2. The predicted octanol–water partition coefficient (Wildman–Crippen LogP) is 3.52. The van der Waals surface area contributed by atoms with Crippen LogP contribution in [0.2, 0.25) is 0 Å². The molecule has 0 saturated heterocycles. The number of para-hydroxylation sites is 1. The van der Waals surface area contributed by atoms with Gasteiger partial charge >= 0.3 is 0 Å². The summed E-state index contributed by atoms with van der Waals surface area (Å²) in [4.78, 5) is 2.24. The highest BCUT2D eigenvalue weighted by atomic mass is 15.1. The molecule has 0 bridgehead atoms. The van der Waals surface area contributed by atoms with Crippen LogP contribution in [-0.4, -0.2) is 7.05 Å². The quantitative estimate of drug-likeness (QED) is 0.832. The van der Waals surface area contributed by atoms with Gasteiger partial charge in [0.1, 0.15) is 0 Å². The molecule has 0 aliphatic rings. The number of rotatable bonds is 3. The molecule has 0 radical (unpaired) electrons. The maximum absolute atomic E-state index is 5.98. The number of nitrogens with zero attached hydrogens (tertiary/aromatic N) is 1. The lowest BCUT2D eigenvalue weighted by Crippen LogP contribution is -2.18. The minimum atomic E-state index is 0.830. The molecule has 2 aromatic rings. The van der Waals surface area contributed by atoms with Crippen LogP contribution in [0.1, 0.15) is 16.7 Å². The van der Waals surface area contributed by atoms with Gasteiger partial charge in [-0.25, -0.2) is 0 Å². The Kier molecular flexibility index (Phi) is 3.56. The van der Waals surface area contributed by atoms with Crippen LogP contribution in [0.3, 0.4) is 0 Å². The first kappa shape index (κ1) is 12.5. The highest BCUT2D eigenvalue weighted by molar-refractivity contribution is 5.56. The second-order valence-electron chi connectivity index (χ2n) is 4.84. The molecule has 0 fully saturated rings. The Morgan fingerprint density at radius 2 is 1.78 bits per heavy atom. The van der Waals surface area contributed by atoms with Gasteiger partial charge in [-0.15, -0.1) is 0 Å². The molecule has 0 spiro atoms. The Hall–Kier alpha value is -1.96. The van der Waals surface area contributed by atoms with Crippen LogP contribution < -0.4 is 10.6 Å². The van der Waals surface area contributed by atoms with E-state index in [0.717, 1.165) is 12.2 Å². The molecule has 0 saturated carbocycles. The Bertz CT molecular complexity index is 547. The lowest BCUT2D eigenvalue weighted by molar-refractivity contribution is 0.919. The second-order valence-corrected chi connectivity index (χ2v) is 4.84. The van der Waals surface area contributed by atoms with Crippen molar-refractivity contribution in [1.29, 1.82) is 0 Å². The zero-order valence-electron chi connectivity index (χ0n) is 11.3. The minimum absolute atomic E-state index is 0.830. The summed E-state index contributed by atoms with van der Waals surface area (Å²) in [6.07, 6.45) is 0. The summed E-state index contributed by atoms with van der Waals surface area (Å²) in [7, 11) is 2.10. The van der Waals surface area contributed by atoms with Crippen LogP contribution in [-0.2, 0) is 6.54 Å². The Labute approximate surface area is 109 Å². The molecule has 0 heterocycles. The molecule has 0 aromatic heterocycles. The minimum Gasteiger partial charge on any atom is -0.398 e. The Morgan fingerprint density at radius 1 is 1.06 bits per heavy atom. The highest BCUT2D eigenvalue weighted by Crippen LogP contribution is 2.23. The molecular weight excluding hydrogens is 220 g/mol. The van der Waals surface area contributed by atoms with Gasteiger partial charge in [0.25, 0.3) is 0 Å². The average Bonchev–Trinajstić information content (AvgIpc) is 2.32. The SMILES string of the molecule is Cc1ccc(N(C)Cc2ccccc2N)c(C)c1. The number of nitrogen functional groups attached to an aromatic ring is 1. The van der Waals surface area contributed by atoms with E-state index in [1.807, 2.05) is 18.2 Å². The monoisotopic (exact) mass is 240 g/mol. The molecule has 0 atom stereocenters. The first-order valence-corrected chi connectivity index (χ1v) is 6.19. The van der Waals surface area contributed by atoms with E-state index in [2.05, 4.69) is 50.1 Å². The van der Waals surface area contributed by atoms with Gasteiger partial charge in [-0.3, -0.25) is 0 Å². The third-order valence-electron chi connectivity index (χ3n) is 3.23. The molecule has 2 aromatic carbocycles. The van der Waals surface area contributed by atoms with Crippen LogP contribution in [0.5, 0.6) is 0 Å². The zero-order chi connectivity index (χ0) is 13.1. The first-order chi connectivity index (χ1) is 8.58. The molecule has 2 nitrogen and oxygen atoms in total. The summed E-state index contributed by atoms with van der Waals surface area (Å²) < 4.78 is 0. The molecule has 0 unspecified atom stereocenters. The highest BCUT2D eigenvalue weighted by Gasteiger charge is 2.07. The number of aryl methyl sites for hydroxylation is 2. The first-order valence-electron chi connectivity index (χ1n) is 6.19. The largest absolute Gasteiger partial charge is 0.398 e. The fourth-order valence-electron chi connectivity index (χ4n) is 2.25. The third-order valence-corrected chi connectivity index (χ3v) is 3.23. The molecule has 18 heavy (non-hydrogen) atoms. The van der Waals surface area contributed by atoms with Crippen LogP contribution in [0, 0.1) is 13.8 Å². The van der Waals surface area contributed by atoms with Gasteiger partial charge in [-0.2, -0.15) is 0 Å². The number of nitrogens with two attached hydrogens (primary N) is 1. The van der Waals surface area contributed by atoms with Crippen molar-refractivity contribution < 1.29 is 0 Å². The lowest BCUT2D eigenvalue weighted by atomic mass is 10.1. The van der Waals surface area contributed by atoms with Gasteiger partial charge in [0.2, 0.25) is 0 Å². The molecule has 2 rings (SSSR count). The van der Waals surface area contributed by atoms with Crippen molar-refractivity contribution in [2.45, 2.75) is 20.4 Å². The van der Waals surface area contributed by atoms with Crippen LogP contribution >= 0.6 is 0 Å². The van der Waals surface area contributed by atoms with Crippen molar-refractivity contribution in [3.63, 3.8) is 0 Å². The van der Waals surface area contributed by atoms with Gasteiger partial charge in [0.15, 0.2) is 0 Å². The molecule has 94 valence electrons. The average molecular weight is 240 g/mol. The van der Waals surface area contributed by atoms with E-state index in [9.17, 15) is 0 Å². The van der Waals surface area contributed by atoms with Crippen LogP contribution in [0.4, 0.5) is 11.4 Å².